The zero-order chi connectivity index (χ0) is 22.6. The van der Waals surface area contributed by atoms with E-state index in [1.165, 1.54) is 0 Å². The van der Waals surface area contributed by atoms with Crippen LogP contribution in [0.25, 0.3) is 0 Å². The molecule has 2 bridgehead atoms. The third-order valence-corrected chi connectivity index (χ3v) is 6.48. The van der Waals surface area contributed by atoms with Gasteiger partial charge in [-0.05, 0) is 44.2 Å². The summed E-state index contributed by atoms with van der Waals surface area (Å²) >= 11 is 0. The average Bonchev–Trinajstić information content (AvgIpc) is 3.29. The Balaban J connectivity index is 1.55. The molecule has 31 heavy (non-hydrogen) atoms. The van der Waals surface area contributed by atoms with E-state index >= 15 is 0 Å². The van der Waals surface area contributed by atoms with E-state index in [9.17, 15) is 35.5 Å². The lowest BCUT2D eigenvalue weighted by Gasteiger charge is -2.40. The Kier molecular flexibility index (Phi) is 5.70. The highest BCUT2D eigenvalue weighted by molar-refractivity contribution is 5.93. The maximum absolute atomic E-state index is 14.3. The summed E-state index contributed by atoms with van der Waals surface area (Å²) in [5, 5.41) is 4.82. The molecule has 0 radical (unpaired) electrons. The molecule has 0 aromatic heterocycles. The van der Waals surface area contributed by atoms with E-state index in [-0.39, 0.29) is 6.42 Å². The molecule has 2 unspecified atom stereocenters. The van der Waals surface area contributed by atoms with Crippen molar-refractivity contribution in [1.82, 2.24) is 5.32 Å². The van der Waals surface area contributed by atoms with Gasteiger partial charge in [0, 0.05) is 12.0 Å². The SMILES string of the molecule is O=C(Nc1cccc(C(F)(F)F)c1F)[C@@H]1[C@H](C2CCCC(C(F)(F)F)N2)[C@@H]2CC[C@H]1O2. The number of fused-ring (bicyclic) bond motifs is 2. The lowest BCUT2D eigenvalue weighted by molar-refractivity contribution is -0.165. The van der Waals surface area contributed by atoms with Crippen LogP contribution in [0.2, 0.25) is 0 Å². The van der Waals surface area contributed by atoms with Gasteiger partial charge in [0.1, 0.15) is 6.04 Å². The largest absolute Gasteiger partial charge is 0.419 e. The number of halogens is 7. The summed E-state index contributed by atoms with van der Waals surface area (Å²) in [4.78, 5) is 13.0. The van der Waals surface area contributed by atoms with Crippen LogP contribution in [0, 0.1) is 17.7 Å². The van der Waals surface area contributed by atoms with Crippen molar-refractivity contribution in [3.05, 3.63) is 29.6 Å². The second-order valence-corrected chi connectivity index (χ2v) is 8.35. The number of nitrogens with one attached hydrogen (secondary N) is 2. The molecule has 0 saturated carbocycles. The predicted molar refractivity (Wildman–Crippen MR) is 95.5 cm³/mol. The molecular formula is C20H21F7N2O2. The van der Waals surface area contributed by atoms with Gasteiger partial charge in [0.2, 0.25) is 5.91 Å². The summed E-state index contributed by atoms with van der Waals surface area (Å²) in [7, 11) is 0. The van der Waals surface area contributed by atoms with Gasteiger partial charge in [-0.1, -0.05) is 6.07 Å². The number of hydrogen-bond donors (Lipinski definition) is 2. The topological polar surface area (TPSA) is 50.4 Å². The van der Waals surface area contributed by atoms with Crippen molar-refractivity contribution in [2.75, 3.05) is 5.32 Å². The van der Waals surface area contributed by atoms with Crippen molar-refractivity contribution in [2.45, 2.75) is 68.7 Å². The molecule has 0 aliphatic carbocycles. The Bertz CT molecular complexity index is 842. The highest BCUT2D eigenvalue weighted by Crippen LogP contribution is 2.47. The fourth-order valence-corrected chi connectivity index (χ4v) is 5.16. The van der Waals surface area contributed by atoms with Crippen molar-refractivity contribution in [2.24, 2.45) is 11.8 Å². The van der Waals surface area contributed by atoms with Crippen LogP contribution in [-0.4, -0.2) is 36.4 Å². The molecule has 1 aromatic rings. The molecule has 3 aliphatic rings. The van der Waals surface area contributed by atoms with Gasteiger partial charge in [-0.15, -0.1) is 0 Å². The molecule has 3 saturated heterocycles. The van der Waals surface area contributed by atoms with Crippen LogP contribution >= 0.6 is 0 Å². The average molecular weight is 454 g/mol. The van der Waals surface area contributed by atoms with Crippen molar-refractivity contribution in [3.63, 3.8) is 0 Å². The van der Waals surface area contributed by atoms with E-state index in [2.05, 4.69) is 10.6 Å². The molecule has 3 fully saturated rings. The molecule has 6 atom stereocenters. The van der Waals surface area contributed by atoms with E-state index < -0.39 is 71.5 Å². The number of anilines is 1. The third kappa shape index (κ3) is 4.26. The van der Waals surface area contributed by atoms with Gasteiger partial charge in [0.05, 0.1) is 29.4 Å². The molecule has 1 aromatic carbocycles. The molecule has 172 valence electrons. The zero-order valence-corrected chi connectivity index (χ0v) is 16.2. The maximum atomic E-state index is 14.3. The summed E-state index contributed by atoms with van der Waals surface area (Å²) in [6.07, 6.45) is -8.54. The zero-order valence-electron chi connectivity index (χ0n) is 16.2. The van der Waals surface area contributed by atoms with E-state index in [0.29, 0.717) is 31.7 Å². The monoisotopic (exact) mass is 454 g/mol. The molecular weight excluding hydrogens is 433 g/mol. The number of carbonyl (C=O) groups excluding carboxylic acids is 1. The standard InChI is InChI=1S/C20H21F7N2O2/c21-17-9(19(22,23)24)3-1-5-11(17)29-18(30)16-13-8-7-12(31-13)15(16)10-4-2-6-14(28-10)20(25,26)27/h1,3,5,10,12-16,28H,2,4,6-8H2,(H,29,30)/t10?,12-,13+,14?,15+,16-/m0/s1. The van der Waals surface area contributed by atoms with Crippen LogP contribution in [0.5, 0.6) is 0 Å². The number of ether oxygens (including phenoxy) is 1. The Labute approximate surface area is 173 Å². The molecule has 4 nitrogen and oxygen atoms in total. The number of alkyl halides is 6. The van der Waals surface area contributed by atoms with Gasteiger partial charge in [-0.3, -0.25) is 4.79 Å². The van der Waals surface area contributed by atoms with Crippen LogP contribution in [0.4, 0.5) is 36.4 Å². The second kappa shape index (κ2) is 7.91. The van der Waals surface area contributed by atoms with Crippen LogP contribution < -0.4 is 10.6 Å². The first-order valence-corrected chi connectivity index (χ1v) is 10.1. The lowest BCUT2D eigenvalue weighted by atomic mass is 9.72. The number of hydrogen-bond acceptors (Lipinski definition) is 3. The van der Waals surface area contributed by atoms with Gasteiger partial charge in [-0.2, -0.15) is 26.3 Å². The van der Waals surface area contributed by atoms with Crippen LogP contribution in [0.3, 0.4) is 0 Å². The number of amides is 1. The Hall–Kier alpha value is -1.88. The Morgan fingerprint density at radius 1 is 1.03 bits per heavy atom. The Morgan fingerprint density at radius 2 is 1.74 bits per heavy atom. The predicted octanol–water partition coefficient (Wildman–Crippen LogP) is 4.65. The first-order valence-electron chi connectivity index (χ1n) is 10.1. The van der Waals surface area contributed by atoms with Crippen molar-refractivity contribution >= 4 is 11.6 Å². The highest BCUT2D eigenvalue weighted by atomic mass is 19.4. The smallest absolute Gasteiger partial charge is 0.374 e. The number of carbonyl (C=O) groups is 1. The molecule has 3 aliphatic heterocycles. The fourth-order valence-electron chi connectivity index (χ4n) is 5.16. The van der Waals surface area contributed by atoms with Crippen molar-refractivity contribution in [1.29, 1.82) is 0 Å². The summed E-state index contributed by atoms with van der Waals surface area (Å²) < 4.78 is 98.6. The Morgan fingerprint density at radius 3 is 2.42 bits per heavy atom. The molecule has 4 rings (SSSR count). The number of rotatable bonds is 3. The summed E-state index contributed by atoms with van der Waals surface area (Å²) in [6, 6.07) is 0.252. The van der Waals surface area contributed by atoms with Gasteiger partial charge < -0.3 is 15.4 Å². The highest BCUT2D eigenvalue weighted by Gasteiger charge is 2.56. The molecule has 3 heterocycles. The molecule has 11 heteroatoms. The summed E-state index contributed by atoms with van der Waals surface area (Å²) in [5.41, 5.74) is -2.13. The third-order valence-electron chi connectivity index (χ3n) is 6.48. The lowest BCUT2D eigenvalue weighted by Crippen LogP contribution is -2.56. The maximum Gasteiger partial charge on any atom is 0.419 e. The number of benzene rings is 1. The van der Waals surface area contributed by atoms with Crippen LogP contribution in [-0.2, 0) is 15.7 Å². The second-order valence-electron chi connectivity index (χ2n) is 8.35. The van der Waals surface area contributed by atoms with Gasteiger partial charge >= 0.3 is 12.4 Å². The fraction of sp³-hybridized carbons (Fsp3) is 0.650. The van der Waals surface area contributed by atoms with E-state index in [4.69, 9.17) is 4.74 Å². The minimum Gasteiger partial charge on any atom is -0.374 e. The van der Waals surface area contributed by atoms with E-state index in [1.54, 1.807) is 0 Å². The quantitative estimate of drug-likeness (QED) is 0.654. The van der Waals surface area contributed by atoms with E-state index in [0.717, 1.165) is 12.1 Å². The summed E-state index contributed by atoms with van der Waals surface area (Å²) in [5.74, 6) is -3.79. The summed E-state index contributed by atoms with van der Waals surface area (Å²) in [6.45, 7) is 0. The van der Waals surface area contributed by atoms with Gasteiger partial charge in [0.15, 0.2) is 5.82 Å². The van der Waals surface area contributed by atoms with Crippen LogP contribution in [0.15, 0.2) is 18.2 Å². The first-order chi connectivity index (χ1) is 14.5. The van der Waals surface area contributed by atoms with Crippen molar-refractivity contribution < 1.29 is 40.3 Å². The normalized spacial score (nSPS) is 33.5. The number of piperidine rings is 1. The van der Waals surface area contributed by atoms with Crippen LogP contribution in [0.1, 0.15) is 37.7 Å². The van der Waals surface area contributed by atoms with Gasteiger partial charge in [-0.25, -0.2) is 4.39 Å². The molecule has 1 amide bonds. The van der Waals surface area contributed by atoms with E-state index in [1.807, 2.05) is 0 Å². The first kappa shape index (κ1) is 22.3. The minimum atomic E-state index is -4.93. The molecule has 2 N–H and O–H groups in total. The van der Waals surface area contributed by atoms with Crippen molar-refractivity contribution in [3.8, 4) is 0 Å². The minimum absolute atomic E-state index is 0.0615. The van der Waals surface area contributed by atoms with Gasteiger partial charge in [0.25, 0.3) is 0 Å². The molecule has 0 spiro atoms.